The van der Waals surface area contributed by atoms with Gasteiger partial charge in [-0.2, -0.15) is 4.80 Å². The van der Waals surface area contributed by atoms with E-state index in [9.17, 15) is 0 Å². The van der Waals surface area contributed by atoms with Crippen molar-refractivity contribution in [3.63, 3.8) is 0 Å². The fourth-order valence-electron chi connectivity index (χ4n) is 1.59. The SMILES string of the molecule is Cc1cccc(C(Cc2nnn(C)n2)NN)n1. The monoisotopic (exact) mass is 233 g/mol. The molecule has 1 atom stereocenters. The normalized spacial score (nSPS) is 12.6. The maximum atomic E-state index is 5.54. The van der Waals surface area contributed by atoms with Crippen molar-refractivity contribution < 1.29 is 0 Å². The van der Waals surface area contributed by atoms with Crippen LogP contribution in [0.4, 0.5) is 0 Å². The summed E-state index contributed by atoms with van der Waals surface area (Å²) < 4.78 is 0. The van der Waals surface area contributed by atoms with Crippen molar-refractivity contribution in [2.24, 2.45) is 12.9 Å². The Hall–Kier alpha value is -1.86. The van der Waals surface area contributed by atoms with Gasteiger partial charge in [-0.05, 0) is 24.3 Å². The quantitative estimate of drug-likeness (QED) is 0.554. The number of aryl methyl sites for hydroxylation is 2. The molecule has 90 valence electrons. The molecule has 0 radical (unpaired) electrons. The molecule has 17 heavy (non-hydrogen) atoms. The van der Waals surface area contributed by atoms with Gasteiger partial charge < -0.3 is 0 Å². The number of pyridine rings is 1. The largest absolute Gasteiger partial charge is 0.271 e. The van der Waals surface area contributed by atoms with Gasteiger partial charge in [0.1, 0.15) is 0 Å². The Kier molecular flexibility index (Phi) is 3.40. The van der Waals surface area contributed by atoms with Crippen molar-refractivity contribution in [3.8, 4) is 0 Å². The lowest BCUT2D eigenvalue weighted by Crippen LogP contribution is -2.30. The zero-order chi connectivity index (χ0) is 12.3. The molecule has 0 fully saturated rings. The molecule has 0 bridgehead atoms. The summed E-state index contributed by atoms with van der Waals surface area (Å²) in [5.41, 5.74) is 4.55. The molecule has 2 heterocycles. The van der Waals surface area contributed by atoms with Crippen molar-refractivity contribution in [2.75, 3.05) is 0 Å². The zero-order valence-electron chi connectivity index (χ0n) is 9.83. The van der Waals surface area contributed by atoms with Gasteiger partial charge in [0.05, 0.1) is 18.8 Å². The number of nitrogens with zero attached hydrogens (tertiary/aromatic N) is 5. The lowest BCUT2D eigenvalue weighted by atomic mass is 10.1. The van der Waals surface area contributed by atoms with Crippen molar-refractivity contribution in [2.45, 2.75) is 19.4 Å². The van der Waals surface area contributed by atoms with Crippen LogP contribution in [0.1, 0.15) is 23.3 Å². The van der Waals surface area contributed by atoms with Gasteiger partial charge in [0, 0.05) is 12.1 Å². The number of nitrogens with two attached hydrogens (primary N) is 1. The second kappa shape index (κ2) is 4.98. The summed E-state index contributed by atoms with van der Waals surface area (Å²) in [6.45, 7) is 1.94. The van der Waals surface area contributed by atoms with E-state index in [0.717, 1.165) is 11.4 Å². The third kappa shape index (κ3) is 2.83. The molecule has 0 aliphatic rings. The van der Waals surface area contributed by atoms with Crippen LogP contribution in [0.15, 0.2) is 18.2 Å². The first-order valence-electron chi connectivity index (χ1n) is 5.31. The van der Waals surface area contributed by atoms with E-state index in [1.807, 2.05) is 25.1 Å². The van der Waals surface area contributed by atoms with Crippen LogP contribution in [0, 0.1) is 6.92 Å². The second-order valence-corrected chi connectivity index (χ2v) is 3.82. The lowest BCUT2D eigenvalue weighted by Gasteiger charge is -2.13. The molecule has 7 heteroatoms. The Morgan fingerprint density at radius 3 is 2.88 bits per heavy atom. The highest BCUT2D eigenvalue weighted by atomic mass is 15.6. The van der Waals surface area contributed by atoms with Gasteiger partial charge in [-0.25, -0.2) is 0 Å². The highest BCUT2D eigenvalue weighted by Gasteiger charge is 2.15. The first kappa shape index (κ1) is 11.6. The van der Waals surface area contributed by atoms with Gasteiger partial charge >= 0.3 is 0 Å². The van der Waals surface area contributed by atoms with Gasteiger partial charge in [0.2, 0.25) is 0 Å². The summed E-state index contributed by atoms with van der Waals surface area (Å²) in [6.07, 6.45) is 0.556. The van der Waals surface area contributed by atoms with E-state index < -0.39 is 0 Å². The highest BCUT2D eigenvalue weighted by Crippen LogP contribution is 2.13. The number of rotatable bonds is 4. The number of hydrogen-bond donors (Lipinski definition) is 2. The van der Waals surface area contributed by atoms with E-state index in [1.165, 1.54) is 4.80 Å². The third-order valence-electron chi connectivity index (χ3n) is 2.40. The number of hydrazine groups is 1. The molecule has 2 aromatic heterocycles. The summed E-state index contributed by atoms with van der Waals surface area (Å²) in [5, 5.41) is 11.8. The molecule has 2 aromatic rings. The smallest absolute Gasteiger partial charge is 0.176 e. The van der Waals surface area contributed by atoms with E-state index in [-0.39, 0.29) is 6.04 Å². The van der Waals surface area contributed by atoms with E-state index in [4.69, 9.17) is 5.84 Å². The summed E-state index contributed by atoms with van der Waals surface area (Å²) in [6, 6.07) is 5.71. The first-order valence-corrected chi connectivity index (χ1v) is 5.31. The molecule has 0 spiro atoms. The molecule has 0 amide bonds. The fraction of sp³-hybridized carbons (Fsp3) is 0.400. The van der Waals surface area contributed by atoms with Crippen molar-refractivity contribution in [3.05, 3.63) is 35.4 Å². The van der Waals surface area contributed by atoms with Crippen molar-refractivity contribution in [1.29, 1.82) is 0 Å². The van der Waals surface area contributed by atoms with Gasteiger partial charge in [0.15, 0.2) is 5.82 Å². The summed E-state index contributed by atoms with van der Waals surface area (Å²) >= 11 is 0. The van der Waals surface area contributed by atoms with Gasteiger partial charge in [-0.1, -0.05) is 6.07 Å². The van der Waals surface area contributed by atoms with Crippen LogP contribution in [0.2, 0.25) is 0 Å². The van der Waals surface area contributed by atoms with E-state index in [0.29, 0.717) is 12.2 Å². The van der Waals surface area contributed by atoms with Crippen LogP contribution in [0.25, 0.3) is 0 Å². The average molecular weight is 233 g/mol. The number of aromatic nitrogens is 5. The van der Waals surface area contributed by atoms with E-state index >= 15 is 0 Å². The Balaban J connectivity index is 2.16. The third-order valence-corrected chi connectivity index (χ3v) is 2.40. The molecule has 7 nitrogen and oxygen atoms in total. The number of tetrazole rings is 1. The van der Waals surface area contributed by atoms with Gasteiger partial charge in [-0.3, -0.25) is 16.3 Å². The Labute approximate surface area is 99.0 Å². The minimum Gasteiger partial charge on any atom is -0.271 e. The Morgan fingerprint density at radius 2 is 2.29 bits per heavy atom. The molecule has 1 unspecified atom stereocenters. The Bertz CT molecular complexity index is 493. The fourth-order valence-corrected chi connectivity index (χ4v) is 1.59. The minimum absolute atomic E-state index is 0.112. The van der Waals surface area contributed by atoms with E-state index in [2.05, 4.69) is 25.8 Å². The predicted octanol–water partition coefficient (Wildman–Crippen LogP) is -0.339. The molecular formula is C10H15N7. The lowest BCUT2D eigenvalue weighted by molar-refractivity contribution is 0.523. The number of nitrogens with one attached hydrogen (secondary N) is 1. The predicted molar refractivity (Wildman–Crippen MR) is 61.5 cm³/mol. The molecule has 0 aliphatic carbocycles. The average Bonchev–Trinajstić information content (AvgIpc) is 2.72. The molecule has 0 saturated carbocycles. The molecular weight excluding hydrogens is 218 g/mol. The Morgan fingerprint density at radius 1 is 1.47 bits per heavy atom. The minimum atomic E-state index is -0.112. The van der Waals surface area contributed by atoms with Crippen LogP contribution in [-0.4, -0.2) is 25.2 Å². The van der Waals surface area contributed by atoms with E-state index in [1.54, 1.807) is 7.05 Å². The van der Waals surface area contributed by atoms with Crippen LogP contribution in [0.5, 0.6) is 0 Å². The molecule has 0 aromatic carbocycles. The summed E-state index contributed by atoms with van der Waals surface area (Å²) in [7, 11) is 1.73. The zero-order valence-corrected chi connectivity index (χ0v) is 9.83. The standard InChI is InChI=1S/C10H15N7/c1-7-4-3-5-8(12-7)9(13-11)6-10-14-16-17(2)15-10/h3-5,9,13H,6,11H2,1-2H3. The number of hydrogen-bond acceptors (Lipinski definition) is 6. The first-order chi connectivity index (χ1) is 8.19. The van der Waals surface area contributed by atoms with Crippen LogP contribution < -0.4 is 11.3 Å². The topological polar surface area (TPSA) is 94.5 Å². The second-order valence-electron chi connectivity index (χ2n) is 3.82. The van der Waals surface area contributed by atoms with Gasteiger partial charge in [0.25, 0.3) is 0 Å². The maximum Gasteiger partial charge on any atom is 0.176 e. The molecule has 0 aliphatic heterocycles. The molecule has 2 rings (SSSR count). The molecule has 0 saturated heterocycles. The van der Waals surface area contributed by atoms with Crippen molar-refractivity contribution >= 4 is 0 Å². The van der Waals surface area contributed by atoms with Crippen LogP contribution in [0.3, 0.4) is 0 Å². The summed E-state index contributed by atoms with van der Waals surface area (Å²) in [5.74, 6) is 6.17. The van der Waals surface area contributed by atoms with Gasteiger partial charge in [-0.15, -0.1) is 10.2 Å². The van der Waals surface area contributed by atoms with Crippen LogP contribution in [-0.2, 0) is 13.5 Å². The molecule has 3 N–H and O–H groups in total. The highest BCUT2D eigenvalue weighted by molar-refractivity contribution is 5.14. The van der Waals surface area contributed by atoms with Crippen LogP contribution >= 0.6 is 0 Å². The summed E-state index contributed by atoms with van der Waals surface area (Å²) in [4.78, 5) is 5.85. The van der Waals surface area contributed by atoms with Crippen molar-refractivity contribution in [1.82, 2.24) is 30.6 Å². The maximum absolute atomic E-state index is 5.54.